The summed E-state index contributed by atoms with van der Waals surface area (Å²) in [6.45, 7) is 0. The molecule has 0 aliphatic rings. The van der Waals surface area contributed by atoms with E-state index in [-0.39, 0.29) is 20.1 Å². The molecule has 2 heterocycles. The summed E-state index contributed by atoms with van der Waals surface area (Å²) in [7, 11) is -2.94. The van der Waals surface area contributed by atoms with Gasteiger partial charge in [-0.2, -0.15) is 18.2 Å². The predicted molar refractivity (Wildman–Crippen MR) is 205 cm³/mol. The maximum atomic E-state index is 14.2. The molecule has 0 atom stereocenters. The quantitative estimate of drug-likeness (QED) is 0.128. The van der Waals surface area contributed by atoms with Crippen molar-refractivity contribution >= 4 is 55.6 Å². The number of benzene rings is 7. The number of nitrogens with zero attached hydrogens (tertiary/aromatic N) is 2. The fraction of sp³-hybridized carbons (Fsp3) is 0. The Morgan fingerprint density at radius 2 is 1.16 bits per heavy atom. The summed E-state index contributed by atoms with van der Waals surface area (Å²) in [5, 5.41) is 7.07. The van der Waals surface area contributed by atoms with E-state index in [1.54, 1.807) is 0 Å². The fourth-order valence-electron chi connectivity index (χ4n) is 6.51. The van der Waals surface area contributed by atoms with Crippen LogP contribution in [-0.2, 0) is 24.7 Å². The Bertz CT molecular complexity index is 2530. The second-order valence-electron chi connectivity index (χ2n) is 11.7. The molecule has 0 bridgehead atoms. The average molecular weight is 839 g/mol. The third-order valence-electron chi connectivity index (χ3n) is 8.81. The standard InChI is InChI=1S/C23H15N2.C22H16OP.Ir/c1-2-9-17(10-3-1)25-22-15-5-4-11-18(22)19-12-8-13-20(23(19)25)21-14-6-7-16-24-21;23-24(20-11-3-1-4-12-20,21-13-5-2-6-14-21)22-16-15-18-9-7-8-10-19(18)17-22;/h1-12,14-16H;1-15,17H;/q2*-1;. The average Bonchev–Trinajstić information content (AvgIpc) is 3.54. The fourth-order valence-corrected chi connectivity index (χ4v) is 9.11. The zero-order chi connectivity index (χ0) is 33.0. The number of rotatable bonds is 5. The number of para-hydroxylation sites is 2. The second-order valence-corrected chi connectivity index (χ2v) is 14.5. The maximum absolute atomic E-state index is 14.2. The molecule has 0 saturated heterocycles. The van der Waals surface area contributed by atoms with Gasteiger partial charge in [-0.25, -0.2) is 0 Å². The van der Waals surface area contributed by atoms with Crippen molar-refractivity contribution in [1.29, 1.82) is 0 Å². The van der Waals surface area contributed by atoms with Crippen LogP contribution in [0.3, 0.4) is 0 Å². The van der Waals surface area contributed by atoms with Crippen molar-refractivity contribution in [3.63, 3.8) is 0 Å². The van der Waals surface area contributed by atoms with Crippen LogP contribution in [0.4, 0.5) is 0 Å². The van der Waals surface area contributed by atoms with E-state index in [0.717, 1.165) is 49.1 Å². The van der Waals surface area contributed by atoms with Gasteiger partial charge in [0.2, 0.25) is 0 Å². The maximum Gasteiger partial charge on any atom is 0.147 e. The zero-order valence-electron chi connectivity index (χ0n) is 27.0. The summed E-state index contributed by atoms with van der Waals surface area (Å²) in [6.07, 6.45) is 1.83. The van der Waals surface area contributed by atoms with E-state index in [9.17, 15) is 4.57 Å². The first-order chi connectivity index (χ1) is 24.2. The van der Waals surface area contributed by atoms with E-state index in [1.807, 2.05) is 134 Å². The van der Waals surface area contributed by atoms with Gasteiger partial charge in [-0.05, 0) is 40.9 Å². The van der Waals surface area contributed by atoms with Crippen molar-refractivity contribution in [3.8, 4) is 16.9 Å². The Balaban J connectivity index is 0.000000154. The first kappa shape index (κ1) is 33.1. The van der Waals surface area contributed by atoms with Crippen LogP contribution in [0.25, 0.3) is 49.5 Å². The molecular formula is C45H31IrN2OP-2. The van der Waals surface area contributed by atoms with Crippen LogP contribution in [0.2, 0.25) is 0 Å². The van der Waals surface area contributed by atoms with Crippen molar-refractivity contribution in [2.75, 3.05) is 0 Å². The van der Waals surface area contributed by atoms with Gasteiger partial charge in [0, 0.05) is 48.1 Å². The zero-order valence-corrected chi connectivity index (χ0v) is 30.3. The SMILES string of the molecule is O=P(c1[c-]cc2ccccc2c1)(c1ccccc1)c1ccccc1.[Ir].[c-]1ccc2c3ccccc3n(-c3ccccc3)c2c1-c1ccccn1. The molecule has 3 nitrogen and oxygen atoms in total. The van der Waals surface area contributed by atoms with Gasteiger partial charge in [0.1, 0.15) is 7.14 Å². The molecule has 0 saturated carbocycles. The van der Waals surface area contributed by atoms with Crippen LogP contribution in [-0.4, -0.2) is 9.55 Å². The number of hydrogen-bond acceptors (Lipinski definition) is 2. The monoisotopic (exact) mass is 839 g/mol. The summed E-state index contributed by atoms with van der Waals surface area (Å²) in [4.78, 5) is 4.56. The van der Waals surface area contributed by atoms with E-state index in [0.29, 0.717) is 0 Å². The molecule has 9 rings (SSSR count). The van der Waals surface area contributed by atoms with E-state index in [4.69, 9.17) is 0 Å². The minimum Gasteiger partial charge on any atom is -0.351 e. The normalized spacial score (nSPS) is 11.1. The summed E-state index contributed by atoms with van der Waals surface area (Å²) in [6, 6.07) is 67.3. The number of pyridine rings is 1. The first-order valence-electron chi connectivity index (χ1n) is 16.2. The van der Waals surface area contributed by atoms with Crippen molar-refractivity contribution in [3.05, 3.63) is 200 Å². The molecule has 1 radical (unpaired) electrons. The summed E-state index contributed by atoms with van der Waals surface area (Å²) < 4.78 is 16.5. The molecule has 0 unspecified atom stereocenters. The van der Waals surface area contributed by atoms with Crippen LogP contribution >= 0.6 is 7.14 Å². The van der Waals surface area contributed by atoms with Gasteiger partial charge in [-0.1, -0.05) is 138 Å². The Kier molecular flexibility index (Phi) is 9.69. The largest absolute Gasteiger partial charge is 0.351 e. The van der Waals surface area contributed by atoms with Crippen molar-refractivity contribution in [2.24, 2.45) is 0 Å². The first-order valence-corrected chi connectivity index (χ1v) is 18.0. The van der Waals surface area contributed by atoms with Crippen molar-refractivity contribution < 1.29 is 24.7 Å². The molecule has 0 spiro atoms. The van der Waals surface area contributed by atoms with Crippen molar-refractivity contribution in [2.45, 2.75) is 0 Å². The van der Waals surface area contributed by atoms with Crippen LogP contribution in [0.5, 0.6) is 0 Å². The van der Waals surface area contributed by atoms with Gasteiger partial charge in [0.25, 0.3) is 0 Å². The summed E-state index contributed by atoms with van der Waals surface area (Å²) in [5.74, 6) is 0. The molecule has 7 aromatic carbocycles. The minimum absolute atomic E-state index is 0. The molecule has 0 N–H and O–H groups in total. The van der Waals surface area contributed by atoms with Gasteiger partial charge in [-0.3, -0.25) is 0 Å². The van der Waals surface area contributed by atoms with Gasteiger partial charge in [0.15, 0.2) is 0 Å². The van der Waals surface area contributed by atoms with Gasteiger partial charge < -0.3 is 14.1 Å². The van der Waals surface area contributed by atoms with Crippen molar-refractivity contribution in [1.82, 2.24) is 9.55 Å². The molecule has 0 amide bonds. The molecule has 243 valence electrons. The number of aromatic nitrogens is 2. The van der Waals surface area contributed by atoms with Gasteiger partial charge >= 0.3 is 0 Å². The Morgan fingerprint density at radius 1 is 0.560 bits per heavy atom. The Morgan fingerprint density at radius 3 is 1.84 bits per heavy atom. The van der Waals surface area contributed by atoms with E-state index in [2.05, 4.69) is 76.3 Å². The number of hydrogen-bond donors (Lipinski definition) is 0. The number of fused-ring (bicyclic) bond motifs is 4. The smallest absolute Gasteiger partial charge is 0.147 e. The Hall–Kier alpha value is -5.37. The Labute approximate surface area is 305 Å². The molecule has 9 aromatic rings. The third kappa shape index (κ3) is 6.15. The predicted octanol–water partition coefficient (Wildman–Crippen LogP) is 9.92. The van der Waals surface area contributed by atoms with Gasteiger partial charge in [-0.15, -0.1) is 40.6 Å². The second kappa shape index (κ2) is 14.6. The van der Waals surface area contributed by atoms with E-state index in [1.165, 1.54) is 16.3 Å². The summed E-state index contributed by atoms with van der Waals surface area (Å²) >= 11 is 0. The topological polar surface area (TPSA) is 34.9 Å². The molecular weight excluding hydrogens is 808 g/mol. The minimum atomic E-state index is -2.94. The van der Waals surface area contributed by atoms with Crippen LogP contribution < -0.4 is 15.9 Å². The van der Waals surface area contributed by atoms with Crippen LogP contribution in [0.15, 0.2) is 188 Å². The van der Waals surface area contributed by atoms with E-state index < -0.39 is 7.14 Å². The molecule has 0 aliphatic carbocycles. The molecule has 2 aromatic heterocycles. The summed E-state index contributed by atoms with van der Waals surface area (Å²) in [5.41, 5.74) is 5.45. The van der Waals surface area contributed by atoms with Crippen LogP contribution in [0, 0.1) is 12.1 Å². The molecule has 50 heavy (non-hydrogen) atoms. The molecule has 5 heteroatoms. The van der Waals surface area contributed by atoms with Crippen LogP contribution in [0.1, 0.15) is 0 Å². The third-order valence-corrected chi connectivity index (χ3v) is 11.8. The van der Waals surface area contributed by atoms with E-state index >= 15 is 0 Å². The molecule has 0 fully saturated rings. The molecule has 0 aliphatic heterocycles. The van der Waals surface area contributed by atoms with Gasteiger partial charge in [0.05, 0.1) is 0 Å².